The van der Waals surface area contributed by atoms with Gasteiger partial charge < -0.3 is 11.1 Å². The van der Waals surface area contributed by atoms with Gasteiger partial charge in [-0.25, -0.2) is 8.78 Å². The zero-order valence-corrected chi connectivity index (χ0v) is 9.13. The number of benzene rings is 1. The number of carbonyl (C=O) groups is 1. The molecular formula is C11H14F2N2O. The quantitative estimate of drug-likeness (QED) is 0.823. The van der Waals surface area contributed by atoms with E-state index < -0.39 is 23.6 Å². The number of halogens is 2. The predicted octanol–water partition coefficient (Wildman–Crippen LogP) is 1.49. The van der Waals surface area contributed by atoms with E-state index in [9.17, 15) is 13.6 Å². The Balaban J connectivity index is 2.91. The Morgan fingerprint density at radius 1 is 1.38 bits per heavy atom. The van der Waals surface area contributed by atoms with Gasteiger partial charge in [0.15, 0.2) is 0 Å². The summed E-state index contributed by atoms with van der Waals surface area (Å²) in [5, 5.41) is 2.53. The SMILES string of the molecule is CC(C)NC(=O)C(N)c1cc(F)ccc1F. The first-order valence-electron chi connectivity index (χ1n) is 4.92. The molecule has 0 radical (unpaired) electrons. The highest BCUT2D eigenvalue weighted by Gasteiger charge is 2.20. The molecule has 3 nitrogen and oxygen atoms in total. The Bertz CT molecular complexity index is 394. The first-order chi connectivity index (χ1) is 7.41. The normalized spacial score (nSPS) is 12.6. The Hall–Kier alpha value is -1.49. The highest BCUT2D eigenvalue weighted by molar-refractivity contribution is 5.83. The average molecular weight is 228 g/mol. The Labute approximate surface area is 92.6 Å². The summed E-state index contributed by atoms with van der Waals surface area (Å²) in [6.45, 7) is 3.51. The third-order valence-corrected chi connectivity index (χ3v) is 2.01. The van der Waals surface area contributed by atoms with Crippen LogP contribution in [0.4, 0.5) is 8.78 Å². The van der Waals surface area contributed by atoms with Crippen molar-refractivity contribution in [1.29, 1.82) is 0 Å². The Morgan fingerprint density at radius 2 is 2.00 bits per heavy atom. The van der Waals surface area contributed by atoms with Gasteiger partial charge in [0.1, 0.15) is 17.7 Å². The predicted molar refractivity (Wildman–Crippen MR) is 56.6 cm³/mol. The van der Waals surface area contributed by atoms with E-state index in [-0.39, 0.29) is 11.6 Å². The molecule has 0 saturated heterocycles. The molecule has 1 aromatic rings. The minimum atomic E-state index is -1.20. The molecule has 1 rings (SSSR count). The van der Waals surface area contributed by atoms with Crippen molar-refractivity contribution in [3.05, 3.63) is 35.4 Å². The standard InChI is InChI=1S/C11H14F2N2O/c1-6(2)15-11(16)10(14)8-5-7(12)3-4-9(8)13/h3-6,10H,14H2,1-2H3,(H,15,16). The number of nitrogens with two attached hydrogens (primary N) is 1. The lowest BCUT2D eigenvalue weighted by molar-refractivity contribution is -0.123. The van der Waals surface area contributed by atoms with Gasteiger partial charge in [-0.05, 0) is 32.0 Å². The molecule has 0 heterocycles. The third kappa shape index (κ3) is 3.00. The first-order valence-corrected chi connectivity index (χ1v) is 4.92. The fraction of sp³-hybridized carbons (Fsp3) is 0.364. The van der Waals surface area contributed by atoms with E-state index in [4.69, 9.17) is 5.73 Å². The van der Waals surface area contributed by atoms with Gasteiger partial charge in [-0.3, -0.25) is 4.79 Å². The van der Waals surface area contributed by atoms with Gasteiger partial charge in [0.25, 0.3) is 0 Å². The fourth-order valence-electron chi connectivity index (χ4n) is 1.27. The van der Waals surface area contributed by atoms with Crippen LogP contribution in [0.5, 0.6) is 0 Å². The summed E-state index contributed by atoms with van der Waals surface area (Å²) in [6.07, 6.45) is 0. The molecule has 1 unspecified atom stereocenters. The molecule has 1 atom stereocenters. The number of nitrogens with one attached hydrogen (secondary N) is 1. The summed E-state index contributed by atoms with van der Waals surface area (Å²) in [4.78, 5) is 11.5. The molecule has 3 N–H and O–H groups in total. The van der Waals surface area contributed by atoms with Gasteiger partial charge in [0.05, 0.1) is 0 Å². The maximum absolute atomic E-state index is 13.3. The van der Waals surface area contributed by atoms with Crippen LogP contribution >= 0.6 is 0 Å². The van der Waals surface area contributed by atoms with Crippen LogP contribution in [0.15, 0.2) is 18.2 Å². The van der Waals surface area contributed by atoms with Crippen LogP contribution in [0.1, 0.15) is 25.5 Å². The van der Waals surface area contributed by atoms with Crippen molar-refractivity contribution >= 4 is 5.91 Å². The lowest BCUT2D eigenvalue weighted by atomic mass is 10.1. The average Bonchev–Trinajstić information content (AvgIpc) is 2.19. The molecular weight excluding hydrogens is 214 g/mol. The maximum Gasteiger partial charge on any atom is 0.241 e. The van der Waals surface area contributed by atoms with Crippen molar-refractivity contribution in [2.75, 3.05) is 0 Å². The molecule has 1 amide bonds. The molecule has 16 heavy (non-hydrogen) atoms. The van der Waals surface area contributed by atoms with E-state index >= 15 is 0 Å². The van der Waals surface area contributed by atoms with Crippen molar-refractivity contribution in [2.45, 2.75) is 25.9 Å². The van der Waals surface area contributed by atoms with Gasteiger partial charge in [0.2, 0.25) is 5.91 Å². The number of rotatable bonds is 3. The van der Waals surface area contributed by atoms with Crippen molar-refractivity contribution in [3.63, 3.8) is 0 Å². The van der Waals surface area contributed by atoms with Crippen molar-refractivity contribution in [3.8, 4) is 0 Å². The molecule has 0 spiro atoms. The molecule has 0 aromatic heterocycles. The van der Waals surface area contributed by atoms with Crippen LogP contribution < -0.4 is 11.1 Å². The number of hydrogen-bond acceptors (Lipinski definition) is 2. The monoisotopic (exact) mass is 228 g/mol. The van der Waals surface area contributed by atoms with E-state index in [1.807, 2.05) is 0 Å². The van der Waals surface area contributed by atoms with Crippen LogP contribution in [0.25, 0.3) is 0 Å². The van der Waals surface area contributed by atoms with Crippen LogP contribution in [0, 0.1) is 11.6 Å². The van der Waals surface area contributed by atoms with Gasteiger partial charge in [-0.1, -0.05) is 0 Å². The number of hydrogen-bond donors (Lipinski definition) is 2. The smallest absolute Gasteiger partial charge is 0.241 e. The van der Waals surface area contributed by atoms with E-state index in [2.05, 4.69) is 5.32 Å². The lowest BCUT2D eigenvalue weighted by Crippen LogP contribution is -2.38. The van der Waals surface area contributed by atoms with Gasteiger partial charge in [0, 0.05) is 11.6 Å². The van der Waals surface area contributed by atoms with Crippen LogP contribution in [-0.4, -0.2) is 11.9 Å². The molecule has 5 heteroatoms. The van der Waals surface area contributed by atoms with E-state index in [0.717, 1.165) is 18.2 Å². The maximum atomic E-state index is 13.3. The second-order valence-electron chi connectivity index (χ2n) is 3.81. The molecule has 0 bridgehead atoms. The fourth-order valence-corrected chi connectivity index (χ4v) is 1.27. The van der Waals surface area contributed by atoms with E-state index in [0.29, 0.717) is 0 Å². The highest BCUT2D eigenvalue weighted by atomic mass is 19.1. The number of carbonyl (C=O) groups excluding carboxylic acids is 1. The largest absolute Gasteiger partial charge is 0.352 e. The highest BCUT2D eigenvalue weighted by Crippen LogP contribution is 2.16. The summed E-state index contributed by atoms with van der Waals surface area (Å²) in [6, 6.07) is 1.56. The van der Waals surface area contributed by atoms with Crippen LogP contribution in [0.2, 0.25) is 0 Å². The molecule has 1 aromatic carbocycles. The molecule has 0 aliphatic carbocycles. The van der Waals surface area contributed by atoms with E-state index in [1.165, 1.54) is 0 Å². The molecule has 0 saturated carbocycles. The molecule has 0 fully saturated rings. The Morgan fingerprint density at radius 3 is 2.56 bits per heavy atom. The third-order valence-electron chi connectivity index (χ3n) is 2.01. The summed E-state index contributed by atoms with van der Waals surface area (Å²) >= 11 is 0. The molecule has 0 aliphatic rings. The lowest BCUT2D eigenvalue weighted by Gasteiger charge is -2.15. The second-order valence-corrected chi connectivity index (χ2v) is 3.81. The van der Waals surface area contributed by atoms with Crippen LogP contribution in [-0.2, 0) is 4.79 Å². The van der Waals surface area contributed by atoms with Gasteiger partial charge in [-0.2, -0.15) is 0 Å². The van der Waals surface area contributed by atoms with Crippen molar-refractivity contribution in [2.24, 2.45) is 5.73 Å². The zero-order valence-electron chi connectivity index (χ0n) is 9.13. The van der Waals surface area contributed by atoms with Crippen LogP contribution in [0.3, 0.4) is 0 Å². The van der Waals surface area contributed by atoms with E-state index in [1.54, 1.807) is 13.8 Å². The molecule has 0 aliphatic heterocycles. The summed E-state index contributed by atoms with van der Waals surface area (Å²) in [5.41, 5.74) is 5.40. The minimum Gasteiger partial charge on any atom is -0.352 e. The summed E-state index contributed by atoms with van der Waals surface area (Å²) < 4.78 is 26.2. The number of amides is 1. The van der Waals surface area contributed by atoms with Crippen molar-refractivity contribution in [1.82, 2.24) is 5.32 Å². The summed E-state index contributed by atoms with van der Waals surface area (Å²) in [7, 11) is 0. The topological polar surface area (TPSA) is 55.1 Å². The van der Waals surface area contributed by atoms with Gasteiger partial charge >= 0.3 is 0 Å². The summed E-state index contributed by atoms with van der Waals surface area (Å²) in [5.74, 6) is -1.84. The Kier molecular flexibility index (Phi) is 3.95. The molecule has 88 valence electrons. The zero-order chi connectivity index (χ0) is 12.3. The van der Waals surface area contributed by atoms with Gasteiger partial charge in [-0.15, -0.1) is 0 Å². The second kappa shape index (κ2) is 5.03. The minimum absolute atomic E-state index is 0.102. The first kappa shape index (κ1) is 12.6. The van der Waals surface area contributed by atoms with Crippen molar-refractivity contribution < 1.29 is 13.6 Å².